The molecule has 0 saturated carbocycles. The molecule has 2 aromatic rings. The lowest BCUT2D eigenvalue weighted by molar-refractivity contribution is -0.700. The van der Waals surface area contributed by atoms with E-state index in [2.05, 4.69) is 0 Å². The van der Waals surface area contributed by atoms with Crippen molar-refractivity contribution in [1.29, 1.82) is 0 Å². The van der Waals surface area contributed by atoms with Gasteiger partial charge < -0.3 is 5.11 Å². The highest BCUT2D eigenvalue weighted by molar-refractivity contribution is 7.07. The maximum atomic E-state index is 9.92. The SMILES string of the molecule is OC(C[n+]1ccsc1)c1ccc(Cl)cc1. The van der Waals surface area contributed by atoms with Gasteiger partial charge in [-0.25, -0.2) is 0 Å². The van der Waals surface area contributed by atoms with Crippen LogP contribution in [0.25, 0.3) is 0 Å². The number of aliphatic hydroxyl groups excluding tert-OH is 1. The van der Waals surface area contributed by atoms with E-state index in [0.29, 0.717) is 11.6 Å². The Balaban J connectivity index is 2.08. The summed E-state index contributed by atoms with van der Waals surface area (Å²) in [5.41, 5.74) is 2.86. The fraction of sp³-hybridized carbons (Fsp3) is 0.182. The molecular formula is C11H11ClNOS+. The van der Waals surface area contributed by atoms with Crippen molar-refractivity contribution in [3.05, 3.63) is 51.9 Å². The van der Waals surface area contributed by atoms with E-state index in [4.69, 9.17) is 11.6 Å². The van der Waals surface area contributed by atoms with Crippen molar-refractivity contribution < 1.29 is 9.67 Å². The minimum atomic E-state index is -0.484. The first kappa shape index (κ1) is 10.6. The van der Waals surface area contributed by atoms with Crippen LogP contribution in [0.5, 0.6) is 0 Å². The van der Waals surface area contributed by atoms with Crippen molar-refractivity contribution in [3.63, 3.8) is 0 Å². The highest BCUT2D eigenvalue weighted by Gasteiger charge is 2.13. The van der Waals surface area contributed by atoms with Crippen LogP contribution in [0.15, 0.2) is 41.4 Å². The van der Waals surface area contributed by atoms with E-state index < -0.39 is 6.10 Å². The van der Waals surface area contributed by atoms with E-state index in [1.54, 1.807) is 23.5 Å². The molecule has 0 aliphatic rings. The summed E-state index contributed by atoms with van der Waals surface area (Å²) in [7, 11) is 0. The van der Waals surface area contributed by atoms with Crippen LogP contribution < -0.4 is 4.57 Å². The fourth-order valence-electron chi connectivity index (χ4n) is 1.36. The average Bonchev–Trinajstić information content (AvgIpc) is 2.71. The van der Waals surface area contributed by atoms with E-state index in [1.807, 2.05) is 33.8 Å². The zero-order valence-corrected chi connectivity index (χ0v) is 9.58. The zero-order chi connectivity index (χ0) is 10.7. The largest absolute Gasteiger partial charge is 0.382 e. The van der Waals surface area contributed by atoms with Gasteiger partial charge in [0, 0.05) is 5.02 Å². The maximum absolute atomic E-state index is 9.92. The first-order valence-corrected chi connectivity index (χ1v) is 5.92. The smallest absolute Gasteiger partial charge is 0.224 e. The number of thiazole rings is 1. The number of aliphatic hydroxyl groups is 1. The number of hydrogen-bond acceptors (Lipinski definition) is 2. The van der Waals surface area contributed by atoms with Crippen LogP contribution in [-0.2, 0) is 6.54 Å². The normalized spacial score (nSPS) is 12.7. The van der Waals surface area contributed by atoms with E-state index >= 15 is 0 Å². The third kappa shape index (κ3) is 2.78. The van der Waals surface area contributed by atoms with Crippen LogP contribution >= 0.6 is 22.9 Å². The molecule has 0 bridgehead atoms. The molecule has 0 spiro atoms. The first-order chi connectivity index (χ1) is 7.25. The molecule has 1 N–H and O–H groups in total. The molecular weight excluding hydrogens is 230 g/mol. The summed E-state index contributed by atoms with van der Waals surface area (Å²) < 4.78 is 1.96. The van der Waals surface area contributed by atoms with E-state index in [-0.39, 0.29) is 0 Å². The Morgan fingerprint density at radius 3 is 2.67 bits per heavy atom. The number of rotatable bonds is 3. The van der Waals surface area contributed by atoms with E-state index in [0.717, 1.165) is 5.56 Å². The zero-order valence-electron chi connectivity index (χ0n) is 8.01. The summed E-state index contributed by atoms with van der Waals surface area (Å²) in [6.45, 7) is 0.575. The van der Waals surface area contributed by atoms with E-state index in [9.17, 15) is 5.11 Å². The number of benzene rings is 1. The molecule has 4 heteroatoms. The predicted molar refractivity (Wildman–Crippen MR) is 60.9 cm³/mol. The molecule has 1 aromatic carbocycles. The van der Waals surface area contributed by atoms with Crippen molar-refractivity contribution in [2.24, 2.45) is 0 Å². The average molecular weight is 241 g/mol. The molecule has 0 amide bonds. The van der Waals surface area contributed by atoms with Crippen LogP contribution in [0.2, 0.25) is 5.02 Å². The summed E-state index contributed by atoms with van der Waals surface area (Å²) in [6, 6.07) is 7.27. The number of hydrogen-bond donors (Lipinski definition) is 1. The Bertz CT molecular complexity index is 413. The van der Waals surface area contributed by atoms with Gasteiger partial charge in [-0.2, -0.15) is 4.57 Å². The molecule has 78 valence electrons. The quantitative estimate of drug-likeness (QED) is 0.819. The minimum absolute atomic E-state index is 0.484. The lowest BCUT2D eigenvalue weighted by Crippen LogP contribution is -2.33. The van der Waals surface area contributed by atoms with Gasteiger partial charge in [-0.3, -0.25) is 0 Å². The van der Waals surface area contributed by atoms with Gasteiger partial charge in [0.05, 0.1) is 5.38 Å². The Labute approximate surface area is 97.4 Å². The summed E-state index contributed by atoms with van der Waals surface area (Å²) in [6.07, 6.45) is 1.46. The van der Waals surface area contributed by atoms with Crippen LogP contribution in [0, 0.1) is 0 Å². The highest BCUT2D eigenvalue weighted by Crippen LogP contribution is 2.16. The number of aromatic nitrogens is 1. The lowest BCUT2D eigenvalue weighted by Gasteiger charge is -2.06. The summed E-state index contributed by atoms with van der Waals surface area (Å²) in [5, 5.41) is 12.6. The molecule has 0 aliphatic heterocycles. The van der Waals surface area contributed by atoms with Crippen LogP contribution in [0.1, 0.15) is 11.7 Å². The Morgan fingerprint density at radius 2 is 2.07 bits per heavy atom. The Morgan fingerprint density at radius 1 is 1.33 bits per heavy atom. The molecule has 2 nitrogen and oxygen atoms in total. The highest BCUT2D eigenvalue weighted by atomic mass is 35.5. The Hall–Kier alpha value is -0.900. The molecule has 0 radical (unpaired) electrons. The molecule has 1 aromatic heterocycles. The van der Waals surface area contributed by atoms with E-state index in [1.165, 1.54) is 0 Å². The van der Waals surface area contributed by atoms with Crippen molar-refractivity contribution >= 4 is 22.9 Å². The van der Waals surface area contributed by atoms with Crippen molar-refractivity contribution in [2.45, 2.75) is 12.6 Å². The minimum Gasteiger partial charge on any atom is -0.382 e. The monoisotopic (exact) mass is 240 g/mol. The number of halogens is 1. The van der Waals surface area contributed by atoms with Crippen molar-refractivity contribution in [1.82, 2.24) is 0 Å². The molecule has 0 aliphatic carbocycles. The lowest BCUT2D eigenvalue weighted by atomic mass is 10.1. The van der Waals surface area contributed by atoms with Gasteiger partial charge in [-0.15, -0.1) is 0 Å². The third-order valence-electron chi connectivity index (χ3n) is 2.17. The molecule has 1 atom stereocenters. The van der Waals surface area contributed by atoms with Gasteiger partial charge in [0.2, 0.25) is 5.51 Å². The van der Waals surface area contributed by atoms with Gasteiger partial charge >= 0.3 is 0 Å². The van der Waals surface area contributed by atoms with Gasteiger partial charge in [0.25, 0.3) is 0 Å². The first-order valence-electron chi connectivity index (χ1n) is 4.60. The maximum Gasteiger partial charge on any atom is 0.224 e. The molecule has 15 heavy (non-hydrogen) atoms. The second-order valence-corrected chi connectivity index (χ2v) is 4.48. The standard InChI is InChI=1S/C11H11ClNOS/c12-10-3-1-9(2-4-10)11(14)7-13-5-6-15-8-13/h1-6,8,11,14H,7H2/q+1. The number of nitrogens with zero attached hydrogens (tertiary/aromatic N) is 1. The topological polar surface area (TPSA) is 24.1 Å². The Kier molecular flexibility index (Phi) is 3.36. The van der Waals surface area contributed by atoms with Crippen LogP contribution in [-0.4, -0.2) is 5.11 Å². The van der Waals surface area contributed by atoms with Crippen LogP contribution in [0.3, 0.4) is 0 Å². The molecule has 1 heterocycles. The van der Waals surface area contributed by atoms with Crippen LogP contribution in [0.4, 0.5) is 0 Å². The molecule has 0 saturated heterocycles. The molecule has 2 rings (SSSR count). The molecule has 1 unspecified atom stereocenters. The summed E-state index contributed by atoms with van der Waals surface area (Å²) in [4.78, 5) is 0. The van der Waals surface area contributed by atoms with Gasteiger partial charge in [0.15, 0.2) is 12.7 Å². The van der Waals surface area contributed by atoms with Gasteiger partial charge in [0.1, 0.15) is 6.10 Å². The summed E-state index contributed by atoms with van der Waals surface area (Å²) in [5.74, 6) is 0. The van der Waals surface area contributed by atoms with Gasteiger partial charge in [-0.05, 0) is 17.7 Å². The predicted octanol–water partition coefficient (Wildman–Crippen LogP) is 2.42. The summed E-state index contributed by atoms with van der Waals surface area (Å²) >= 11 is 7.38. The van der Waals surface area contributed by atoms with Gasteiger partial charge in [-0.1, -0.05) is 35.1 Å². The molecule has 0 fully saturated rings. The second kappa shape index (κ2) is 4.75. The third-order valence-corrected chi connectivity index (χ3v) is 3.09. The fourth-order valence-corrected chi connectivity index (χ4v) is 2.09. The second-order valence-electron chi connectivity index (χ2n) is 3.29. The van der Waals surface area contributed by atoms with Crippen molar-refractivity contribution in [2.75, 3.05) is 0 Å². The van der Waals surface area contributed by atoms with Crippen molar-refractivity contribution in [3.8, 4) is 0 Å².